The zero-order valence-corrected chi connectivity index (χ0v) is 14.4. The molecule has 132 valence electrons. The first-order valence-corrected chi connectivity index (χ1v) is 8.30. The van der Waals surface area contributed by atoms with Gasteiger partial charge in [-0.3, -0.25) is 4.79 Å². The maximum atomic E-state index is 12.2. The first kappa shape index (κ1) is 18.0. The molecule has 0 aromatic carbocycles. The van der Waals surface area contributed by atoms with Crippen molar-refractivity contribution >= 4 is 17.8 Å². The van der Waals surface area contributed by atoms with E-state index in [0.717, 1.165) is 0 Å². The molecule has 1 aliphatic heterocycles. The molecule has 24 heavy (non-hydrogen) atoms. The van der Waals surface area contributed by atoms with E-state index < -0.39 is 0 Å². The minimum atomic E-state index is -0.290. The molecular formula is C16H25N5O3. The number of rotatable bonds is 5. The molecule has 0 unspecified atom stereocenters. The van der Waals surface area contributed by atoms with Crippen molar-refractivity contribution < 1.29 is 14.3 Å². The summed E-state index contributed by atoms with van der Waals surface area (Å²) < 4.78 is 4.98. The van der Waals surface area contributed by atoms with Crippen molar-refractivity contribution in [2.24, 2.45) is 0 Å². The molecule has 2 N–H and O–H groups in total. The van der Waals surface area contributed by atoms with Gasteiger partial charge in [0.15, 0.2) is 0 Å². The van der Waals surface area contributed by atoms with Crippen LogP contribution in [0.1, 0.15) is 44.1 Å². The smallest absolute Gasteiger partial charge is 0.409 e. The lowest BCUT2D eigenvalue weighted by molar-refractivity contribution is 0.0856. The van der Waals surface area contributed by atoms with Crippen molar-refractivity contribution in [3.63, 3.8) is 0 Å². The number of anilines is 1. The molecule has 8 nitrogen and oxygen atoms in total. The highest BCUT2D eigenvalue weighted by Gasteiger charge is 2.25. The quantitative estimate of drug-likeness (QED) is 0.849. The molecule has 1 saturated heterocycles. The van der Waals surface area contributed by atoms with E-state index in [1.54, 1.807) is 18.0 Å². The Labute approximate surface area is 142 Å². The zero-order chi connectivity index (χ0) is 17.5. The van der Waals surface area contributed by atoms with Crippen LogP contribution in [0.3, 0.4) is 0 Å². The molecule has 1 fully saturated rings. The van der Waals surface area contributed by atoms with Crippen molar-refractivity contribution in [1.82, 2.24) is 20.2 Å². The van der Waals surface area contributed by atoms with Crippen LogP contribution < -0.4 is 10.6 Å². The Kier molecular flexibility index (Phi) is 6.34. The Morgan fingerprint density at radius 2 is 2.00 bits per heavy atom. The highest BCUT2D eigenvalue weighted by atomic mass is 16.6. The van der Waals surface area contributed by atoms with Gasteiger partial charge in [0.2, 0.25) is 0 Å². The van der Waals surface area contributed by atoms with Gasteiger partial charge >= 0.3 is 6.09 Å². The van der Waals surface area contributed by atoms with Crippen LogP contribution >= 0.6 is 0 Å². The van der Waals surface area contributed by atoms with Gasteiger partial charge in [-0.15, -0.1) is 0 Å². The first-order chi connectivity index (χ1) is 11.5. The highest BCUT2D eigenvalue weighted by Crippen LogP contribution is 2.12. The molecule has 0 atom stereocenters. The van der Waals surface area contributed by atoms with Crippen LogP contribution in [0.4, 0.5) is 10.6 Å². The predicted molar refractivity (Wildman–Crippen MR) is 89.9 cm³/mol. The van der Waals surface area contributed by atoms with Gasteiger partial charge in [-0.25, -0.2) is 14.8 Å². The number of carbonyl (C=O) groups is 2. The Morgan fingerprint density at radius 3 is 2.54 bits per heavy atom. The normalized spacial score (nSPS) is 15.2. The van der Waals surface area contributed by atoms with E-state index in [2.05, 4.69) is 20.6 Å². The molecule has 0 bridgehead atoms. The van der Waals surface area contributed by atoms with E-state index >= 15 is 0 Å². The van der Waals surface area contributed by atoms with Gasteiger partial charge in [0.05, 0.1) is 19.0 Å². The largest absolute Gasteiger partial charge is 0.450 e. The molecule has 0 aliphatic carbocycles. The van der Waals surface area contributed by atoms with E-state index in [9.17, 15) is 9.59 Å². The van der Waals surface area contributed by atoms with Gasteiger partial charge in [0, 0.05) is 25.2 Å². The molecule has 2 heterocycles. The maximum Gasteiger partial charge on any atom is 0.409 e. The predicted octanol–water partition coefficient (Wildman–Crippen LogP) is 1.65. The summed E-state index contributed by atoms with van der Waals surface area (Å²) in [6, 6.07) is 0.280. The van der Waals surface area contributed by atoms with Crippen LogP contribution in [0.5, 0.6) is 0 Å². The van der Waals surface area contributed by atoms with Crippen LogP contribution in [0, 0.1) is 0 Å². The molecule has 1 aliphatic rings. The lowest BCUT2D eigenvalue weighted by Crippen LogP contribution is -2.46. The molecule has 1 aromatic rings. The van der Waals surface area contributed by atoms with E-state index in [1.165, 1.54) is 6.20 Å². The third kappa shape index (κ3) is 5.07. The second-order valence-corrected chi connectivity index (χ2v) is 6.02. The monoisotopic (exact) mass is 335 g/mol. The van der Waals surface area contributed by atoms with Gasteiger partial charge in [-0.2, -0.15) is 0 Å². The number of hydrogen-bond acceptors (Lipinski definition) is 6. The maximum absolute atomic E-state index is 12.2. The Hall–Kier alpha value is -2.38. The second-order valence-electron chi connectivity index (χ2n) is 6.02. The fourth-order valence-corrected chi connectivity index (χ4v) is 2.50. The molecule has 0 radical (unpaired) electrons. The summed E-state index contributed by atoms with van der Waals surface area (Å²) in [5, 5.41) is 6.07. The lowest BCUT2D eigenvalue weighted by Gasteiger charge is -2.31. The summed E-state index contributed by atoms with van der Waals surface area (Å²) >= 11 is 0. The summed E-state index contributed by atoms with van der Waals surface area (Å²) in [4.78, 5) is 33.9. The van der Waals surface area contributed by atoms with Crippen LogP contribution in [-0.4, -0.2) is 58.6 Å². The zero-order valence-electron chi connectivity index (χ0n) is 14.4. The minimum Gasteiger partial charge on any atom is -0.450 e. The third-order valence-corrected chi connectivity index (χ3v) is 3.68. The van der Waals surface area contributed by atoms with Crippen LogP contribution in [-0.2, 0) is 4.74 Å². The first-order valence-electron chi connectivity index (χ1n) is 8.30. The molecule has 2 rings (SSSR count). The third-order valence-electron chi connectivity index (χ3n) is 3.68. The summed E-state index contributed by atoms with van der Waals surface area (Å²) in [5.74, 6) is 0.400. The minimum absolute atomic E-state index is 0.0263. The lowest BCUT2D eigenvalue weighted by atomic mass is 10.1. The average molecular weight is 335 g/mol. The number of ether oxygens (including phenoxy) is 1. The highest BCUT2D eigenvalue weighted by molar-refractivity contribution is 5.92. The summed E-state index contributed by atoms with van der Waals surface area (Å²) in [6.45, 7) is 7.32. The van der Waals surface area contributed by atoms with E-state index in [4.69, 9.17) is 4.74 Å². The summed E-state index contributed by atoms with van der Waals surface area (Å²) in [7, 11) is 0. The number of carbonyl (C=O) groups excluding carboxylic acids is 2. The number of nitrogens with zero attached hydrogens (tertiary/aromatic N) is 3. The fraction of sp³-hybridized carbons (Fsp3) is 0.625. The number of hydrogen-bond donors (Lipinski definition) is 2. The van der Waals surface area contributed by atoms with Crippen LogP contribution in [0.2, 0.25) is 0 Å². The van der Waals surface area contributed by atoms with Gasteiger partial charge in [0.25, 0.3) is 5.91 Å². The van der Waals surface area contributed by atoms with Crippen LogP contribution in [0.15, 0.2) is 12.4 Å². The van der Waals surface area contributed by atoms with Crippen molar-refractivity contribution in [2.75, 3.05) is 25.0 Å². The van der Waals surface area contributed by atoms with E-state index in [0.29, 0.717) is 38.4 Å². The van der Waals surface area contributed by atoms with Crippen molar-refractivity contribution in [3.05, 3.63) is 18.1 Å². The van der Waals surface area contributed by atoms with Crippen LogP contribution in [0.25, 0.3) is 0 Å². The average Bonchev–Trinajstić information content (AvgIpc) is 2.56. The van der Waals surface area contributed by atoms with E-state index in [1.807, 2.05) is 13.8 Å². The Bertz CT molecular complexity index is 553. The number of piperidine rings is 1. The van der Waals surface area contributed by atoms with Gasteiger partial charge < -0.3 is 20.3 Å². The van der Waals surface area contributed by atoms with E-state index in [-0.39, 0.29) is 29.8 Å². The van der Waals surface area contributed by atoms with Gasteiger partial charge in [0.1, 0.15) is 11.5 Å². The molecule has 2 amide bonds. The number of aromatic nitrogens is 2. The topological polar surface area (TPSA) is 96.5 Å². The summed E-state index contributed by atoms with van der Waals surface area (Å²) in [6.07, 6.45) is 4.13. The molecule has 8 heteroatoms. The number of likely N-dealkylation sites (tertiary alicyclic amines) is 1. The summed E-state index contributed by atoms with van der Waals surface area (Å²) in [5.41, 5.74) is 0.289. The second kappa shape index (κ2) is 8.47. The van der Waals surface area contributed by atoms with Crippen molar-refractivity contribution in [3.8, 4) is 0 Å². The van der Waals surface area contributed by atoms with Gasteiger partial charge in [-0.05, 0) is 33.6 Å². The van der Waals surface area contributed by atoms with Crippen molar-refractivity contribution in [1.29, 1.82) is 0 Å². The standard InChI is InChI=1S/C16H25N5O3/c1-4-24-16(23)21-7-5-12(6-8-21)20-15(22)13-9-18-14(10-17-13)19-11(2)3/h9-12H,4-8H2,1-3H3,(H,18,19)(H,20,22). The molecule has 1 aromatic heterocycles. The number of nitrogens with one attached hydrogen (secondary N) is 2. The Balaban J connectivity index is 1.82. The molecular weight excluding hydrogens is 310 g/mol. The van der Waals surface area contributed by atoms with Gasteiger partial charge in [-0.1, -0.05) is 0 Å². The molecule has 0 saturated carbocycles. The Morgan fingerprint density at radius 1 is 1.29 bits per heavy atom. The SMILES string of the molecule is CCOC(=O)N1CCC(NC(=O)c2cnc(NC(C)C)cn2)CC1. The fourth-order valence-electron chi connectivity index (χ4n) is 2.50. The van der Waals surface area contributed by atoms with Crippen molar-refractivity contribution in [2.45, 2.75) is 45.7 Å². The molecule has 0 spiro atoms. The number of amides is 2.